The van der Waals surface area contributed by atoms with E-state index in [0.717, 1.165) is 68.5 Å². The van der Waals surface area contributed by atoms with Crippen molar-refractivity contribution in [3.63, 3.8) is 0 Å². The van der Waals surface area contributed by atoms with Crippen LogP contribution in [0, 0.1) is 0 Å². The number of unbranched alkanes of at least 4 members (excludes halogenated alkanes) is 12. The number of carboxylic acid groups (broad SMARTS) is 2. The highest BCUT2D eigenvalue weighted by Crippen LogP contribution is 2.22. The monoisotopic (exact) mass is 623 g/mol. The van der Waals surface area contributed by atoms with Gasteiger partial charge in [-0.2, -0.15) is 10.2 Å². The average Bonchev–Trinajstić information content (AvgIpc) is 3.03. The number of carbonyl (C=O) groups is 3. The number of carbonyl (C=O) groups excluding carboxylic acids is 1. The van der Waals surface area contributed by atoms with Gasteiger partial charge in [-0.3, -0.25) is 9.59 Å². The van der Waals surface area contributed by atoms with Crippen LogP contribution < -0.4 is 10.1 Å². The largest absolute Gasteiger partial charge is 0.494 e. The third kappa shape index (κ3) is 18.6. The Balaban J connectivity index is 1.49. The molecular formula is C36H53N3O6. The van der Waals surface area contributed by atoms with Crippen LogP contribution in [0.1, 0.15) is 122 Å². The lowest BCUT2D eigenvalue weighted by molar-refractivity contribution is -0.143. The van der Waals surface area contributed by atoms with Crippen molar-refractivity contribution in [1.82, 2.24) is 5.32 Å². The summed E-state index contributed by atoms with van der Waals surface area (Å²) in [4.78, 5) is 33.8. The summed E-state index contributed by atoms with van der Waals surface area (Å²) in [5.74, 6) is -1.80. The topological polar surface area (TPSA) is 138 Å². The number of hydrogen-bond donors (Lipinski definition) is 3. The van der Waals surface area contributed by atoms with Crippen LogP contribution in [0.3, 0.4) is 0 Å². The Bertz CT molecular complexity index is 1130. The van der Waals surface area contributed by atoms with E-state index in [1.54, 1.807) is 0 Å². The number of nitrogens with one attached hydrogen (secondary N) is 1. The molecule has 2 aromatic rings. The molecule has 0 spiro atoms. The fourth-order valence-electron chi connectivity index (χ4n) is 4.99. The summed E-state index contributed by atoms with van der Waals surface area (Å²) >= 11 is 0. The summed E-state index contributed by atoms with van der Waals surface area (Å²) in [6.45, 7) is 2.92. The third-order valence-electron chi connectivity index (χ3n) is 7.72. The Hall–Kier alpha value is -3.75. The van der Waals surface area contributed by atoms with Gasteiger partial charge in [0.05, 0.1) is 18.0 Å². The number of carboxylic acids is 2. The van der Waals surface area contributed by atoms with Crippen LogP contribution in [0.15, 0.2) is 58.8 Å². The first kappa shape index (κ1) is 37.4. The zero-order valence-electron chi connectivity index (χ0n) is 27.1. The van der Waals surface area contributed by atoms with Crippen molar-refractivity contribution >= 4 is 29.2 Å². The van der Waals surface area contributed by atoms with E-state index < -0.39 is 18.0 Å². The maximum Gasteiger partial charge on any atom is 0.326 e. The molecule has 0 saturated carbocycles. The number of hydrogen-bond acceptors (Lipinski definition) is 6. The first-order valence-electron chi connectivity index (χ1n) is 16.8. The maximum absolute atomic E-state index is 12.0. The summed E-state index contributed by atoms with van der Waals surface area (Å²) in [6, 6.07) is 14.9. The maximum atomic E-state index is 12.0. The summed E-state index contributed by atoms with van der Waals surface area (Å²) in [5, 5.41) is 29.0. The highest BCUT2D eigenvalue weighted by Gasteiger charge is 2.20. The first-order valence-corrected chi connectivity index (χ1v) is 16.8. The van der Waals surface area contributed by atoms with Crippen molar-refractivity contribution in [2.24, 2.45) is 10.2 Å². The Kier molecular flexibility index (Phi) is 19.6. The number of benzene rings is 2. The Morgan fingerprint density at radius 3 is 1.80 bits per heavy atom. The van der Waals surface area contributed by atoms with Crippen molar-refractivity contribution in [2.45, 2.75) is 129 Å². The molecule has 0 radical (unpaired) electrons. The molecule has 0 aliphatic heterocycles. The van der Waals surface area contributed by atoms with E-state index in [-0.39, 0.29) is 25.2 Å². The minimum absolute atomic E-state index is 0.115. The minimum Gasteiger partial charge on any atom is -0.494 e. The number of aliphatic carboxylic acids is 2. The second-order valence-corrected chi connectivity index (χ2v) is 11.7. The molecule has 3 N–H and O–H groups in total. The molecule has 248 valence electrons. The molecule has 9 heteroatoms. The van der Waals surface area contributed by atoms with E-state index in [1.165, 1.54) is 44.1 Å². The molecule has 0 aliphatic rings. The molecule has 0 unspecified atom stereocenters. The van der Waals surface area contributed by atoms with Gasteiger partial charge in [-0.05, 0) is 74.1 Å². The fraction of sp³-hybridized carbons (Fsp3) is 0.583. The molecule has 0 heterocycles. The van der Waals surface area contributed by atoms with Gasteiger partial charge in [-0.1, -0.05) is 89.7 Å². The van der Waals surface area contributed by atoms with Gasteiger partial charge in [0.25, 0.3) is 0 Å². The van der Waals surface area contributed by atoms with Crippen LogP contribution in [0.5, 0.6) is 5.75 Å². The zero-order valence-corrected chi connectivity index (χ0v) is 27.1. The molecule has 0 saturated heterocycles. The van der Waals surface area contributed by atoms with E-state index in [2.05, 4.69) is 34.6 Å². The quantitative estimate of drug-likeness (QED) is 0.0705. The molecule has 2 aromatic carbocycles. The molecular weight excluding hydrogens is 570 g/mol. The van der Waals surface area contributed by atoms with E-state index in [0.29, 0.717) is 13.0 Å². The summed E-state index contributed by atoms with van der Waals surface area (Å²) in [5.41, 5.74) is 3.00. The smallest absolute Gasteiger partial charge is 0.326 e. The summed E-state index contributed by atoms with van der Waals surface area (Å²) in [6.07, 6.45) is 16.9. The second-order valence-electron chi connectivity index (χ2n) is 11.7. The number of azo groups is 1. The number of rotatable bonds is 26. The number of amides is 1. The Morgan fingerprint density at radius 2 is 1.22 bits per heavy atom. The number of ether oxygens (including phenoxy) is 1. The molecule has 0 fully saturated rings. The van der Waals surface area contributed by atoms with E-state index in [4.69, 9.17) is 14.9 Å². The lowest BCUT2D eigenvalue weighted by atomic mass is 10.0. The Labute approximate surface area is 268 Å². The predicted molar refractivity (Wildman–Crippen MR) is 178 cm³/mol. The minimum atomic E-state index is -1.21. The van der Waals surface area contributed by atoms with Gasteiger partial charge in [0.2, 0.25) is 5.91 Å². The number of nitrogens with zero attached hydrogens (tertiary/aromatic N) is 2. The third-order valence-corrected chi connectivity index (χ3v) is 7.72. The summed E-state index contributed by atoms with van der Waals surface area (Å²) in [7, 11) is 0. The molecule has 0 aromatic heterocycles. The van der Waals surface area contributed by atoms with Crippen LogP contribution in [-0.2, 0) is 20.8 Å². The molecule has 0 aliphatic carbocycles. The lowest BCUT2D eigenvalue weighted by Gasteiger charge is -2.13. The van der Waals surface area contributed by atoms with Crippen molar-refractivity contribution in [3.8, 4) is 5.75 Å². The van der Waals surface area contributed by atoms with Crippen molar-refractivity contribution in [3.05, 3.63) is 54.1 Å². The number of aryl methyl sites for hydroxylation is 1. The van der Waals surface area contributed by atoms with Gasteiger partial charge >= 0.3 is 11.9 Å². The van der Waals surface area contributed by atoms with Gasteiger partial charge in [-0.25, -0.2) is 4.79 Å². The van der Waals surface area contributed by atoms with Crippen LogP contribution >= 0.6 is 0 Å². The standard InChI is InChI=1S/C36H53N3O6/c1-2-3-4-5-10-13-16-29-18-20-30(21-19-29)38-39-31-22-24-32(25-23-31)45-28-15-12-9-7-6-8-11-14-17-34(40)37-33(36(43)44)26-27-35(41)42/h18-25,33H,2-17,26-28H2,1H3,(H,37,40)(H,41,42)(H,43,44)/t33-/m0/s1. The zero-order chi connectivity index (χ0) is 32.5. The highest BCUT2D eigenvalue weighted by molar-refractivity contribution is 5.83. The van der Waals surface area contributed by atoms with Crippen molar-refractivity contribution in [2.75, 3.05) is 6.61 Å². The van der Waals surface area contributed by atoms with E-state index in [9.17, 15) is 14.4 Å². The van der Waals surface area contributed by atoms with Crippen LogP contribution in [0.2, 0.25) is 0 Å². The van der Waals surface area contributed by atoms with Crippen LogP contribution in [-0.4, -0.2) is 40.7 Å². The van der Waals surface area contributed by atoms with Crippen molar-refractivity contribution in [1.29, 1.82) is 0 Å². The molecule has 9 nitrogen and oxygen atoms in total. The van der Waals surface area contributed by atoms with E-state index in [1.807, 2.05) is 36.4 Å². The van der Waals surface area contributed by atoms with Gasteiger partial charge in [0, 0.05) is 12.8 Å². The van der Waals surface area contributed by atoms with Gasteiger partial charge in [-0.15, -0.1) is 0 Å². The SMILES string of the molecule is CCCCCCCCc1ccc(N=Nc2ccc(OCCCCCCCCCCC(=O)N[C@@H](CCC(=O)O)C(=O)O)cc2)cc1. The molecule has 1 atom stereocenters. The lowest BCUT2D eigenvalue weighted by Crippen LogP contribution is -2.41. The highest BCUT2D eigenvalue weighted by atomic mass is 16.5. The predicted octanol–water partition coefficient (Wildman–Crippen LogP) is 9.33. The van der Waals surface area contributed by atoms with Gasteiger partial charge in [0.15, 0.2) is 0 Å². The first-order chi connectivity index (χ1) is 21.9. The molecule has 1 amide bonds. The van der Waals surface area contributed by atoms with Crippen molar-refractivity contribution < 1.29 is 29.3 Å². The molecule has 45 heavy (non-hydrogen) atoms. The fourth-order valence-corrected chi connectivity index (χ4v) is 4.99. The van der Waals surface area contributed by atoms with Gasteiger partial charge < -0.3 is 20.3 Å². The Morgan fingerprint density at radius 1 is 0.689 bits per heavy atom. The second kappa shape index (κ2) is 23.6. The van der Waals surface area contributed by atoms with Crippen LogP contribution in [0.25, 0.3) is 0 Å². The molecule has 0 bridgehead atoms. The normalized spacial score (nSPS) is 11.8. The van der Waals surface area contributed by atoms with Gasteiger partial charge in [0.1, 0.15) is 11.8 Å². The average molecular weight is 624 g/mol. The summed E-state index contributed by atoms with van der Waals surface area (Å²) < 4.78 is 5.87. The van der Waals surface area contributed by atoms with E-state index >= 15 is 0 Å². The molecule has 2 rings (SSSR count). The van der Waals surface area contributed by atoms with Crippen LogP contribution in [0.4, 0.5) is 11.4 Å².